The smallest absolute Gasteiger partial charge is 0.423 e. The first-order valence-electron chi connectivity index (χ1n) is 4.52. The van der Waals surface area contributed by atoms with E-state index in [4.69, 9.17) is 10.0 Å². The van der Waals surface area contributed by atoms with Crippen LogP contribution in [0.1, 0.15) is 23.6 Å². The van der Waals surface area contributed by atoms with Crippen LogP contribution >= 0.6 is 0 Å². The molecule has 0 aliphatic heterocycles. The molecule has 0 aliphatic carbocycles. The Morgan fingerprint density at radius 2 is 1.85 bits per heavy atom. The predicted molar refractivity (Wildman–Crippen MR) is 55.1 cm³/mol. The van der Waals surface area contributed by atoms with Gasteiger partial charge in [-0.1, -0.05) is 30.2 Å². The molecule has 0 aromatic heterocycles. The van der Waals surface area contributed by atoms with Crippen molar-refractivity contribution in [2.75, 3.05) is 0 Å². The van der Waals surface area contributed by atoms with E-state index in [1.807, 2.05) is 32.9 Å². The lowest BCUT2D eigenvalue weighted by molar-refractivity contribution is 0.425. The Kier molecular flexibility index (Phi) is 3.12. The summed E-state index contributed by atoms with van der Waals surface area (Å²) < 4.78 is 0. The van der Waals surface area contributed by atoms with Crippen LogP contribution in [0.25, 0.3) is 0 Å². The Morgan fingerprint density at radius 1 is 1.23 bits per heavy atom. The first-order chi connectivity index (χ1) is 6.06. The third-order valence-corrected chi connectivity index (χ3v) is 2.26. The van der Waals surface area contributed by atoms with Gasteiger partial charge in [-0.2, -0.15) is 0 Å². The normalized spacial score (nSPS) is 10.2. The van der Waals surface area contributed by atoms with E-state index < -0.39 is 7.12 Å². The summed E-state index contributed by atoms with van der Waals surface area (Å²) in [6, 6.07) is 3.97. The summed E-state index contributed by atoms with van der Waals surface area (Å²) in [5.41, 5.74) is 3.80. The Morgan fingerprint density at radius 3 is 2.31 bits per heavy atom. The van der Waals surface area contributed by atoms with Crippen molar-refractivity contribution in [1.29, 1.82) is 0 Å². The molecule has 0 radical (unpaired) electrons. The molecule has 0 saturated heterocycles. The van der Waals surface area contributed by atoms with E-state index in [1.165, 1.54) is 5.56 Å². The van der Waals surface area contributed by atoms with Crippen molar-refractivity contribution in [3.05, 3.63) is 28.8 Å². The van der Waals surface area contributed by atoms with E-state index in [9.17, 15) is 0 Å². The first kappa shape index (κ1) is 10.3. The Bertz CT molecular complexity index is 308. The molecule has 0 bridgehead atoms. The molecule has 70 valence electrons. The summed E-state index contributed by atoms with van der Waals surface area (Å²) in [5, 5.41) is 18.3. The van der Waals surface area contributed by atoms with Gasteiger partial charge in [0.2, 0.25) is 0 Å². The standard InChI is InChI=1S/C10H15BO2/c1-4-9-6-7(2)5-8(3)10(9)11(12)13/h5-6,12-13H,4H2,1-3H3. The van der Waals surface area contributed by atoms with Gasteiger partial charge in [-0.25, -0.2) is 0 Å². The number of hydrogen-bond acceptors (Lipinski definition) is 2. The van der Waals surface area contributed by atoms with Crippen LogP contribution in [0.3, 0.4) is 0 Å². The molecule has 13 heavy (non-hydrogen) atoms. The molecule has 1 aromatic rings. The van der Waals surface area contributed by atoms with Gasteiger partial charge in [0.15, 0.2) is 0 Å². The zero-order valence-corrected chi connectivity index (χ0v) is 8.33. The number of rotatable bonds is 2. The van der Waals surface area contributed by atoms with E-state index in [2.05, 4.69) is 0 Å². The fourth-order valence-corrected chi connectivity index (χ4v) is 1.73. The quantitative estimate of drug-likeness (QED) is 0.649. The number of benzene rings is 1. The molecule has 0 heterocycles. The van der Waals surface area contributed by atoms with Gasteiger partial charge in [-0.05, 0) is 31.3 Å². The van der Waals surface area contributed by atoms with Gasteiger partial charge in [0.05, 0.1) is 0 Å². The van der Waals surface area contributed by atoms with Crippen LogP contribution in [0.15, 0.2) is 12.1 Å². The molecule has 0 aliphatic rings. The van der Waals surface area contributed by atoms with E-state index in [0.717, 1.165) is 17.5 Å². The van der Waals surface area contributed by atoms with Gasteiger partial charge >= 0.3 is 7.12 Å². The number of aryl methyl sites for hydroxylation is 3. The van der Waals surface area contributed by atoms with Gasteiger partial charge in [-0.3, -0.25) is 0 Å². The Balaban J connectivity index is 3.30. The van der Waals surface area contributed by atoms with Crippen LogP contribution < -0.4 is 5.46 Å². The SMILES string of the molecule is CCc1cc(C)cc(C)c1B(O)O. The highest BCUT2D eigenvalue weighted by molar-refractivity contribution is 6.59. The fraction of sp³-hybridized carbons (Fsp3) is 0.400. The lowest BCUT2D eigenvalue weighted by atomic mass is 9.73. The van der Waals surface area contributed by atoms with Crippen molar-refractivity contribution in [3.8, 4) is 0 Å². The average Bonchev–Trinajstić information content (AvgIpc) is 2.01. The zero-order valence-electron chi connectivity index (χ0n) is 8.33. The molecule has 0 atom stereocenters. The molecule has 0 unspecified atom stereocenters. The largest absolute Gasteiger partial charge is 0.488 e. The van der Waals surface area contributed by atoms with E-state index in [-0.39, 0.29) is 0 Å². The molecule has 1 rings (SSSR count). The lowest BCUT2D eigenvalue weighted by Crippen LogP contribution is -2.35. The predicted octanol–water partition coefficient (Wildman–Crippen LogP) is 0.546. The minimum Gasteiger partial charge on any atom is -0.423 e. The molecule has 0 fully saturated rings. The highest BCUT2D eigenvalue weighted by Gasteiger charge is 2.17. The van der Waals surface area contributed by atoms with Gasteiger partial charge in [0.1, 0.15) is 0 Å². The summed E-state index contributed by atoms with van der Waals surface area (Å²) in [4.78, 5) is 0. The second-order valence-electron chi connectivity index (χ2n) is 3.38. The van der Waals surface area contributed by atoms with Crippen molar-refractivity contribution in [3.63, 3.8) is 0 Å². The monoisotopic (exact) mass is 178 g/mol. The van der Waals surface area contributed by atoms with Crippen LogP contribution in [0.4, 0.5) is 0 Å². The van der Waals surface area contributed by atoms with Gasteiger partial charge in [-0.15, -0.1) is 0 Å². The minimum absolute atomic E-state index is 0.660. The zero-order chi connectivity index (χ0) is 10.0. The minimum atomic E-state index is -1.35. The number of hydrogen-bond donors (Lipinski definition) is 2. The maximum atomic E-state index is 9.16. The Hall–Kier alpha value is -0.795. The van der Waals surface area contributed by atoms with Crippen LogP contribution in [0.5, 0.6) is 0 Å². The molecular weight excluding hydrogens is 163 g/mol. The third-order valence-electron chi connectivity index (χ3n) is 2.26. The summed E-state index contributed by atoms with van der Waals surface area (Å²) >= 11 is 0. The van der Waals surface area contributed by atoms with E-state index in [1.54, 1.807) is 0 Å². The van der Waals surface area contributed by atoms with Crippen LogP contribution in [0.2, 0.25) is 0 Å². The van der Waals surface area contributed by atoms with Crippen molar-refractivity contribution in [1.82, 2.24) is 0 Å². The Labute approximate surface area is 79.4 Å². The summed E-state index contributed by atoms with van der Waals surface area (Å²) in [7, 11) is -1.35. The van der Waals surface area contributed by atoms with Gasteiger partial charge in [0.25, 0.3) is 0 Å². The third kappa shape index (κ3) is 2.11. The molecule has 0 saturated carbocycles. The van der Waals surface area contributed by atoms with Crippen molar-refractivity contribution in [2.24, 2.45) is 0 Å². The molecule has 0 amide bonds. The summed E-state index contributed by atoms with van der Waals surface area (Å²) in [6.07, 6.45) is 0.829. The van der Waals surface area contributed by atoms with Crippen molar-refractivity contribution >= 4 is 12.6 Å². The fourth-order valence-electron chi connectivity index (χ4n) is 1.73. The van der Waals surface area contributed by atoms with Crippen LogP contribution in [-0.2, 0) is 6.42 Å². The van der Waals surface area contributed by atoms with Crippen molar-refractivity contribution in [2.45, 2.75) is 27.2 Å². The molecule has 1 aromatic carbocycles. The summed E-state index contributed by atoms with van der Waals surface area (Å²) in [5.74, 6) is 0. The average molecular weight is 178 g/mol. The second kappa shape index (κ2) is 3.94. The van der Waals surface area contributed by atoms with E-state index >= 15 is 0 Å². The summed E-state index contributed by atoms with van der Waals surface area (Å²) in [6.45, 7) is 5.93. The second-order valence-corrected chi connectivity index (χ2v) is 3.38. The first-order valence-corrected chi connectivity index (χ1v) is 4.52. The topological polar surface area (TPSA) is 40.5 Å². The van der Waals surface area contributed by atoms with Gasteiger partial charge in [0, 0.05) is 0 Å². The molecule has 3 heteroatoms. The highest BCUT2D eigenvalue weighted by atomic mass is 16.4. The van der Waals surface area contributed by atoms with E-state index in [0.29, 0.717) is 5.46 Å². The van der Waals surface area contributed by atoms with Gasteiger partial charge < -0.3 is 10.0 Å². The molecule has 0 spiro atoms. The van der Waals surface area contributed by atoms with Crippen LogP contribution in [-0.4, -0.2) is 17.2 Å². The van der Waals surface area contributed by atoms with Crippen LogP contribution in [0, 0.1) is 13.8 Å². The lowest BCUT2D eigenvalue weighted by Gasteiger charge is -2.11. The maximum absolute atomic E-state index is 9.16. The molecular formula is C10H15BO2. The highest BCUT2D eigenvalue weighted by Crippen LogP contribution is 2.07. The van der Waals surface area contributed by atoms with Crippen molar-refractivity contribution < 1.29 is 10.0 Å². The molecule has 2 nitrogen and oxygen atoms in total. The molecule has 2 N–H and O–H groups in total. The maximum Gasteiger partial charge on any atom is 0.488 e.